The Balaban J connectivity index is 1.47. The highest BCUT2D eigenvalue weighted by Crippen LogP contribution is 2.42. The van der Waals surface area contributed by atoms with Crippen molar-refractivity contribution in [3.63, 3.8) is 0 Å². The number of hydrogen-bond donors (Lipinski definition) is 1. The third-order valence-corrected chi connectivity index (χ3v) is 5.64. The number of nitrogens with zero attached hydrogens (tertiary/aromatic N) is 4. The van der Waals surface area contributed by atoms with Crippen LogP contribution in [0, 0.1) is 0 Å². The van der Waals surface area contributed by atoms with Crippen molar-refractivity contribution in [3.8, 4) is 11.3 Å². The smallest absolute Gasteiger partial charge is 0.376 e. The van der Waals surface area contributed by atoms with E-state index in [1.54, 1.807) is 4.90 Å². The van der Waals surface area contributed by atoms with Crippen molar-refractivity contribution in [2.75, 3.05) is 24.6 Å². The van der Waals surface area contributed by atoms with Crippen LogP contribution in [0.5, 0.6) is 0 Å². The summed E-state index contributed by atoms with van der Waals surface area (Å²) in [4.78, 5) is 9.59. The molecule has 0 bridgehead atoms. The van der Waals surface area contributed by atoms with E-state index in [-0.39, 0.29) is 11.4 Å². The number of anilines is 1. The minimum absolute atomic E-state index is 0.0895. The van der Waals surface area contributed by atoms with Crippen LogP contribution in [0.25, 0.3) is 11.3 Å². The molecule has 0 saturated carbocycles. The molecule has 5 rings (SSSR count). The molecule has 150 valence electrons. The van der Waals surface area contributed by atoms with Crippen molar-refractivity contribution < 1.29 is 17.9 Å². The maximum absolute atomic E-state index is 13.0. The van der Waals surface area contributed by atoms with Crippen LogP contribution in [0.1, 0.15) is 23.4 Å². The number of benzene rings is 1. The van der Waals surface area contributed by atoms with Gasteiger partial charge in [-0.15, -0.1) is 0 Å². The highest BCUT2D eigenvalue weighted by molar-refractivity contribution is 5.65. The van der Waals surface area contributed by atoms with Crippen molar-refractivity contribution in [1.82, 2.24) is 20.2 Å². The van der Waals surface area contributed by atoms with Gasteiger partial charge >= 0.3 is 6.18 Å². The van der Waals surface area contributed by atoms with E-state index < -0.39 is 11.9 Å². The van der Waals surface area contributed by atoms with Crippen LogP contribution < -0.4 is 4.90 Å². The number of alkyl halides is 3. The molecule has 29 heavy (non-hydrogen) atoms. The Hall–Kier alpha value is -2.94. The molecule has 3 aromatic rings. The molecule has 0 radical (unpaired) electrons. The Morgan fingerprint density at radius 3 is 2.76 bits per heavy atom. The van der Waals surface area contributed by atoms with Crippen molar-refractivity contribution in [2.24, 2.45) is 0 Å². The van der Waals surface area contributed by atoms with Crippen LogP contribution in [0.3, 0.4) is 0 Å². The Morgan fingerprint density at radius 2 is 1.97 bits per heavy atom. The van der Waals surface area contributed by atoms with E-state index in [9.17, 15) is 13.2 Å². The van der Waals surface area contributed by atoms with Crippen molar-refractivity contribution in [2.45, 2.75) is 24.6 Å². The standard InChI is InChI=1S/C20H18F3N5O/c21-20(22,23)15-6-8-24-18(25-15)28-9-7-19(11-28)12-29-10-14-16(26-27-17(14)19)13-4-2-1-3-5-13/h1-6,8H,7,9-12H2,(H,26,27). The van der Waals surface area contributed by atoms with E-state index in [0.29, 0.717) is 26.3 Å². The summed E-state index contributed by atoms with van der Waals surface area (Å²) in [5.74, 6) is 0.0895. The van der Waals surface area contributed by atoms with Crippen LogP contribution in [0.4, 0.5) is 19.1 Å². The molecule has 2 aliphatic heterocycles. The van der Waals surface area contributed by atoms with E-state index in [4.69, 9.17) is 4.74 Å². The summed E-state index contributed by atoms with van der Waals surface area (Å²) in [6.45, 7) is 1.95. The molecule has 1 fully saturated rings. The van der Waals surface area contributed by atoms with Gasteiger partial charge in [0.1, 0.15) is 5.69 Å². The van der Waals surface area contributed by atoms with Gasteiger partial charge in [-0.25, -0.2) is 9.97 Å². The Kier molecular flexibility index (Phi) is 4.09. The van der Waals surface area contributed by atoms with Gasteiger partial charge in [0.05, 0.1) is 30.0 Å². The maximum Gasteiger partial charge on any atom is 0.433 e. The summed E-state index contributed by atoms with van der Waals surface area (Å²) in [7, 11) is 0. The van der Waals surface area contributed by atoms with Gasteiger partial charge in [0.15, 0.2) is 0 Å². The third-order valence-electron chi connectivity index (χ3n) is 5.64. The summed E-state index contributed by atoms with van der Waals surface area (Å²) >= 11 is 0. The lowest BCUT2D eigenvalue weighted by Crippen LogP contribution is -2.40. The minimum Gasteiger partial charge on any atom is -0.376 e. The second-order valence-electron chi connectivity index (χ2n) is 7.48. The molecule has 0 aliphatic carbocycles. The molecular formula is C20H18F3N5O. The first-order valence-corrected chi connectivity index (χ1v) is 9.32. The number of H-pyrrole nitrogens is 1. The van der Waals surface area contributed by atoms with Gasteiger partial charge in [-0.2, -0.15) is 18.3 Å². The minimum atomic E-state index is -4.50. The molecule has 1 aromatic carbocycles. The topological polar surface area (TPSA) is 66.9 Å². The first-order chi connectivity index (χ1) is 14.0. The third kappa shape index (κ3) is 3.05. The van der Waals surface area contributed by atoms with Gasteiger partial charge in [0.2, 0.25) is 5.95 Å². The van der Waals surface area contributed by atoms with E-state index in [1.165, 1.54) is 0 Å². The summed E-state index contributed by atoms with van der Waals surface area (Å²) in [6, 6.07) is 10.7. The molecule has 6 nitrogen and oxygen atoms in total. The van der Waals surface area contributed by atoms with Gasteiger partial charge in [-0.1, -0.05) is 30.3 Å². The maximum atomic E-state index is 13.0. The molecule has 1 saturated heterocycles. The number of hydrogen-bond acceptors (Lipinski definition) is 5. The molecule has 2 aliphatic rings. The lowest BCUT2D eigenvalue weighted by atomic mass is 9.80. The number of rotatable bonds is 2. The van der Waals surface area contributed by atoms with Crippen LogP contribution in [0.2, 0.25) is 0 Å². The molecule has 1 N–H and O–H groups in total. The number of nitrogens with one attached hydrogen (secondary N) is 1. The summed E-state index contributed by atoms with van der Waals surface area (Å²) < 4.78 is 45.0. The predicted molar refractivity (Wildman–Crippen MR) is 99.2 cm³/mol. The van der Waals surface area contributed by atoms with Gasteiger partial charge in [0, 0.05) is 30.4 Å². The average Bonchev–Trinajstić information content (AvgIpc) is 3.34. The Labute approximate surface area is 164 Å². The highest BCUT2D eigenvalue weighted by Gasteiger charge is 2.46. The van der Waals surface area contributed by atoms with Crippen LogP contribution in [-0.2, 0) is 22.9 Å². The fourth-order valence-corrected chi connectivity index (χ4v) is 4.22. The molecule has 1 spiro atoms. The fourth-order valence-electron chi connectivity index (χ4n) is 4.22. The molecule has 0 amide bonds. The van der Waals surface area contributed by atoms with Gasteiger partial charge in [-0.3, -0.25) is 5.10 Å². The Morgan fingerprint density at radius 1 is 1.14 bits per heavy atom. The fraction of sp³-hybridized carbons (Fsp3) is 0.350. The Bertz CT molecular complexity index is 1040. The number of aromatic nitrogens is 4. The van der Waals surface area contributed by atoms with Gasteiger partial charge in [-0.05, 0) is 12.5 Å². The second-order valence-corrected chi connectivity index (χ2v) is 7.48. The SMILES string of the molecule is FC(F)(F)c1ccnc(N2CCC3(COCc4c(-c5ccccc5)n[nH]c43)C2)n1. The van der Waals surface area contributed by atoms with Gasteiger partial charge in [0.25, 0.3) is 0 Å². The molecule has 1 atom stereocenters. The number of fused-ring (bicyclic) bond motifs is 2. The zero-order valence-corrected chi connectivity index (χ0v) is 15.4. The summed E-state index contributed by atoms with van der Waals surface area (Å²) in [5, 5.41) is 7.72. The molecule has 4 heterocycles. The molecule has 9 heteroatoms. The lowest BCUT2D eigenvalue weighted by molar-refractivity contribution is -0.141. The largest absolute Gasteiger partial charge is 0.433 e. The van der Waals surface area contributed by atoms with Gasteiger partial charge < -0.3 is 9.64 Å². The zero-order valence-electron chi connectivity index (χ0n) is 15.4. The first kappa shape index (κ1) is 18.1. The second kappa shape index (κ2) is 6.55. The normalized spacial score (nSPS) is 21.6. The lowest BCUT2D eigenvalue weighted by Gasteiger charge is -2.33. The van der Waals surface area contributed by atoms with Crippen molar-refractivity contribution in [1.29, 1.82) is 0 Å². The van der Waals surface area contributed by atoms with Crippen molar-refractivity contribution in [3.05, 3.63) is 59.5 Å². The van der Waals surface area contributed by atoms with Crippen LogP contribution >= 0.6 is 0 Å². The average molecular weight is 401 g/mol. The number of aromatic amines is 1. The quantitative estimate of drug-likeness (QED) is 0.711. The summed E-state index contributed by atoms with van der Waals surface area (Å²) in [5.41, 5.74) is 2.56. The van der Waals surface area contributed by atoms with E-state index in [2.05, 4.69) is 20.2 Å². The van der Waals surface area contributed by atoms with E-state index in [1.807, 2.05) is 30.3 Å². The predicted octanol–water partition coefficient (Wildman–Crippen LogP) is 3.56. The first-order valence-electron chi connectivity index (χ1n) is 9.32. The molecule has 1 unspecified atom stereocenters. The zero-order chi connectivity index (χ0) is 20.1. The van der Waals surface area contributed by atoms with E-state index in [0.717, 1.165) is 41.2 Å². The number of halogens is 3. The van der Waals surface area contributed by atoms with E-state index >= 15 is 0 Å². The highest BCUT2D eigenvalue weighted by atomic mass is 19.4. The molecule has 2 aromatic heterocycles. The molecular weight excluding hydrogens is 383 g/mol. The van der Waals surface area contributed by atoms with Crippen LogP contribution in [-0.4, -0.2) is 39.9 Å². The van der Waals surface area contributed by atoms with Crippen LogP contribution in [0.15, 0.2) is 42.6 Å². The number of ether oxygens (including phenoxy) is 1. The monoisotopic (exact) mass is 401 g/mol. The van der Waals surface area contributed by atoms with Crippen molar-refractivity contribution >= 4 is 5.95 Å². The summed E-state index contributed by atoms with van der Waals surface area (Å²) in [6.07, 6.45) is -2.62.